The topological polar surface area (TPSA) is 139 Å². The van der Waals surface area contributed by atoms with Crippen LogP contribution in [0.1, 0.15) is 63.8 Å². The highest BCUT2D eigenvalue weighted by Gasteiger charge is 2.67. The summed E-state index contributed by atoms with van der Waals surface area (Å²) in [5, 5.41) is 9.28. The summed E-state index contributed by atoms with van der Waals surface area (Å²) in [6, 6.07) is 21.8. The number of ether oxygens (including phenoxy) is 3. The first-order valence-electron chi connectivity index (χ1n) is 15.9. The number of nitrogens with zero attached hydrogens (tertiary/aromatic N) is 3. The monoisotopic (exact) mass is 800 g/mol. The SMILES string of the molecule is CC(C)(C)C(=O)OCOC(O[PH+]=O)(OC(=O)C(C)(C)C)C(F)(F)c1ccc(Cn2c(-c3ccc(C#N)cc3)cn(Cc3ccccc3)c2=O)cc1Br. The summed E-state index contributed by atoms with van der Waals surface area (Å²) < 4.78 is 68.3. The van der Waals surface area contributed by atoms with E-state index in [1.807, 2.05) is 30.3 Å². The Morgan fingerprint density at radius 3 is 2.08 bits per heavy atom. The lowest BCUT2D eigenvalue weighted by atomic mass is 9.97. The Morgan fingerprint density at radius 2 is 1.52 bits per heavy atom. The molecule has 0 bridgehead atoms. The third kappa shape index (κ3) is 9.08. The van der Waals surface area contributed by atoms with E-state index in [2.05, 4.69) is 22.0 Å². The van der Waals surface area contributed by atoms with E-state index in [4.69, 9.17) is 18.7 Å². The highest BCUT2D eigenvalue weighted by molar-refractivity contribution is 9.10. The van der Waals surface area contributed by atoms with Crippen LogP contribution >= 0.6 is 24.6 Å². The number of carbonyl (C=O) groups excluding carboxylic acids is 2. The molecular weight excluding hydrogens is 763 g/mol. The lowest BCUT2D eigenvalue weighted by molar-refractivity contribution is -0.425. The van der Waals surface area contributed by atoms with Crippen molar-refractivity contribution in [1.29, 1.82) is 5.26 Å². The summed E-state index contributed by atoms with van der Waals surface area (Å²) in [5.74, 6) is -9.99. The average Bonchev–Trinajstić information content (AvgIpc) is 3.37. The van der Waals surface area contributed by atoms with Gasteiger partial charge in [0.05, 0.1) is 41.2 Å². The maximum Gasteiger partial charge on any atom is 0.501 e. The molecule has 4 aromatic rings. The Labute approximate surface area is 309 Å². The highest BCUT2D eigenvalue weighted by Crippen LogP contribution is 2.48. The number of imidazole rings is 1. The van der Waals surface area contributed by atoms with Crippen molar-refractivity contribution in [1.82, 2.24) is 9.13 Å². The van der Waals surface area contributed by atoms with Crippen molar-refractivity contribution in [3.63, 3.8) is 0 Å². The molecule has 0 N–H and O–H groups in total. The van der Waals surface area contributed by atoms with E-state index in [0.717, 1.165) is 11.6 Å². The van der Waals surface area contributed by atoms with Gasteiger partial charge in [0, 0.05) is 16.2 Å². The molecule has 11 nitrogen and oxygen atoms in total. The zero-order chi connectivity index (χ0) is 38.5. The van der Waals surface area contributed by atoms with Crippen molar-refractivity contribution in [3.05, 3.63) is 116 Å². The lowest BCUT2D eigenvalue weighted by Gasteiger charge is -2.35. The van der Waals surface area contributed by atoms with Crippen LogP contribution in [0.15, 0.2) is 88.3 Å². The Kier molecular flexibility index (Phi) is 12.4. The van der Waals surface area contributed by atoms with E-state index in [9.17, 15) is 24.2 Å². The number of aromatic nitrogens is 2. The molecule has 15 heteroatoms. The second kappa shape index (κ2) is 16.0. The largest absolute Gasteiger partial charge is 0.501 e. The third-order valence-electron chi connectivity index (χ3n) is 7.71. The molecule has 1 aromatic heterocycles. The Balaban J connectivity index is 1.76. The van der Waals surface area contributed by atoms with Gasteiger partial charge in [-0.2, -0.15) is 14.0 Å². The molecule has 0 amide bonds. The maximum absolute atomic E-state index is 16.7. The van der Waals surface area contributed by atoms with Gasteiger partial charge >= 0.3 is 38.2 Å². The molecule has 0 aliphatic rings. The second-order valence-corrected chi connectivity index (χ2v) is 15.1. The first-order chi connectivity index (χ1) is 24.3. The van der Waals surface area contributed by atoms with Crippen molar-refractivity contribution < 1.29 is 41.7 Å². The molecule has 274 valence electrons. The van der Waals surface area contributed by atoms with Crippen LogP contribution in [0.3, 0.4) is 0 Å². The average molecular weight is 802 g/mol. The molecule has 52 heavy (non-hydrogen) atoms. The molecule has 0 radical (unpaired) electrons. The summed E-state index contributed by atoms with van der Waals surface area (Å²) in [6.45, 7) is 7.90. The van der Waals surface area contributed by atoms with Crippen LogP contribution in [0.2, 0.25) is 0 Å². The second-order valence-electron chi connectivity index (χ2n) is 13.9. The number of hydrogen-bond donors (Lipinski definition) is 0. The zero-order valence-electron chi connectivity index (χ0n) is 29.4. The smallest absolute Gasteiger partial charge is 0.438 e. The summed E-state index contributed by atoms with van der Waals surface area (Å²) in [4.78, 5) is 39.1. The minimum atomic E-state index is -4.36. The fourth-order valence-electron chi connectivity index (χ4n) is 4.79. The predicted molar refractivity (Wildman–Crippen MR) is 191 cm³/mol. The first kappa shape index (κ1) is 40.2. The highest BCUT2D eigenvalue weighted by atomic mass is 79.9. The number of esters is 2. The van der Waals surface area contributed by atoms with Crippen LogP contribution < -0.4 is 5.69 Å². The number of benzene rings is 3. The molecule has 4 rings (SSSR count). The van der Waals surface area contributed by atoms with Crippen LogP contribution in [0.5, 0.6) is 0 Å². The molecule has 0 aliphatic carbocycles. The molecule has 2 unspecified atom stereocenters. The normalized spacial score (nSPS) is 13.3. The Morgan fingerprint density at radius 1 is 0.885 bits per heavy atom. The van der Waals surface area contributed by atoms with Gasteiger partial charge in [-0.1, -0.05) is 75.1 Å². The molecule has 0 spiro atoms. The molecule has 0 fully saturated rings. The summed E-state index contributed by atoms with van der Waals surface area (Å²) in [6.07, 6.45) is 1.69. The molecule has 0 saturated heterocycles. The van der Waals surface area contributed by atoms with Crippen LogP contribution in [0.25, 0.3) is 11.3 Å². The summed E-state index contributed by atoms with van der Waals surface area (Å²) in [5.41, 5.74) is -0.614. The molecule has 0 saturated carbocycles. The fourth-order valence-corrected chi connectivity index (χ4v) is 5.80. The van der Waals surface area contributed by atoms with E-state index in [1.54, 1.807) is 30.5 Å². The van der Waals surface area contributed by atoms with Gasteiger partial charge in [-0.05, 0) is 81.0 Å². The zero-order valence-corrected chi connectivity index (χ0v) is 32.0. The predicted octanol–water partition coefficient (Wildman–Crippen LogP) is 7.90. The maximum atomic E-state index is 16.7. The van der Waals surface area contributed by atoms with Gasteiger partial charge in [-0.15, -0.1) is 0 Å². The minimum absolute atomic E-state index is 0.0533. The van der Waals surface area contributed by atoms with Gasteiger partial charge in [-0.3, -0.25) is 23.5 Å². The minimum Gasteiger partial charge on any atom is -0.438 e. The summed E-state index contributed by atoms with van der Waals surface area (Å²) in [7, 11) is -1.89. The summed E-state index contributed by atoms with van der Waals surface area (Å²) >= 11 is 3.19. The van der Waals surface area contributed by atoms with Crippen molar-refractivity contribution in [3.8, 4) is 17.3 Å². The molecular formula is C37H38BrF2N3O8P+. The van der Waals surface area contributed by atoms with E-state index >= 15 is 8.78 Å². The van der Waals surface area contributed by atoms with Gasteiger partial charge in [0.25, 0.3) is 0 Å². The number of hydrogen-bond acceptors (Lipinski definition) is 9. The number of nitriles is 1. The molecule has 0 aliphatic heterocycles. The van der Waals surface area contributed by atoms with Gasteiger partial charge in [-0.25, -0.2) is 4.79 Å². The number of halogens is 3. The van der Waals surface area contributed by atoms with Crippen LogP contribution in [0, 0.1) is 22.2 Å². The van der Waals surface area contributed by atoms with Crippen molar-refractivity contribution in [2.24, 2.45) is 10.8 Å². The van der Waals surface area contributed by atoms with Gasteiger partial charge in [0.2, 0.25) is 0 Å². The van der Waals surface area contributed by atoms with E-state index in [1.165, 1.54) is 62.8 Å². The quantitative estimate of drug-likeness (QED) is 0.0750. The number of alkyl halides is 2. The van der Waals surface area contributed by atoms with E-state index in [-0.39, 0.29) is 23.3 Å². The van der Waals surface area contributed by atoms with Crippen molar-refractivity contribution in [2.75, 3.05) is 6.79 Å². The van der Waals surface area contributed by atoms with Crippen LogP contribution in [0.4, 0.5) is 8.78 Å². The van der Waals surface area contributed by atoms with Crippen LogP contribution in [-0.4, -0.2) is 33.8 Å². The number of carbonyl (C=O) groups is 2. The fraction of sp³-hybridized carbons (Fsp3) is 0.351. The standard InChI is InChI=1S/C37H38BrF2N3O8P/c1-34(2,3)31(44)48-23-49-37(51-52-47,50-32(45)35(4,5)6)36(39,40)28-17-14-26(18-29(28)38)21-43-30(27-15-12-24(19-41)13-16-27)22-42(33(43)46)20-25-10-8-7-9-11-25/h7-18,22,52H,20-21,23H2,1-6H3/q+1. The van der Waals surface area contributed by atoms with Crippen molar-refractivity contribution in [2.45, 2.75) is 66.5 Å². The Hall–Kier alpha value is -4.54. The van der Waals surface area contributed by atoms with Crippen LogP contribution in [-0.2, 0) is 51.9 Å². The van der Waals surface area contributed by atoms with E-state index < -0.39 is 55.7 Å². The van der Waals surface area contributed by atoms with Gasteiger partial charge in [0.15, 0.2) is 6.79 Å². The molecule has 3 aromatic carbocycles. The molecule has 1 heterocycles. The number of rotatable bonds is 13. The van der Waals surface area contributed by atoms with E-state index in [0.29, 0.717) is 22.4 Å². The third-order valence-corrected chi connectivity index (χ3v) is 8.72. The Bertz CT molecular complexity index is 2030. The van der Waals surface area contributed by atoms with Gasteiger partial charge in [0.1, 0.15) is 0 Å². The van der Waals surface area contributed by atoms with Gasteiger partial charge < -0.3 is 9.47 Å². The first-order valence-corrected chi connectivity index (χ1v) is 17.5. The van der Waals surface area contributed by atoms with Crippen molar-refractivity contribution >= 4 is 36.6 Å². The lowest BCUT2D eigenvalue weighted by Crippen LogP contribution is -2.54. The molecule has 2 atom stereocenters.